The lowest BCUT2D eigenvalue weighted by molar-refractivity contribution is 0.675. The van der Waals surface area contributed by atoms with Crippen molar-refractivity contribution in [2.75, 3.05) is 0 Å². The van der Waals surface area contributed by atoms with E-state index in [1.54, 1.807) is 0 Å². The van der Waals surface area contributed by atoms with Crippen molar-refractivity contribution >= 4 is 11.7 Å². The molecule has 1 heterocycles. The molecule has 0 saturated carbocycles. The molecule has 114 valence electrons. The van der Waals surface area contributed by atoms with E-state index in [9.17, 15) is 0 Å². The molecule has 1 aliphatic rings. The Labute approximate surface area is 129 Å². The lowest BCUT2D eigenvalue weighted by Crippen LogP contribution is -2.23. The highest BCUT2D eigenvalue weighted by molar-refractivity contribution is 6.04. The van der Waals surface area contributed by atoms with Crippen LogP contribution in [0.2, 0.25) is 0 Å². The Hall–Kier alpha value is -2.63. The second kappa shape index (κ2) is 5.63. The topological polar surface area (TPSA) is 105 Å². The van der Waals surface area contributed by atoms with Crippen molar-refractivity contribution < 1.29 is 0 Å². The Bertz CT molecular complexity index is 752. The van der Waals surface area contributed by atoms with E-state index in [4.69, 9.17) is 11.5 Å². The summed E-state index contributed by atoms with van der Waals surface area (Å²) < 4.78 is 0. The van der Waals surface area contributed by atoms with Gasteiger partial charge < -0.3 is 11.5 Å². The zero-order chi connectivity index (χ0) is 15.7. The lowest BCUT2D eigenvalue weighted by Gasteiger charge is -2.24. The molecule has 1 unspecified atom stereocenters. The number of fused-ring (bicyclic) bond motifs is 1. The zero-order valence-corrected chi connectivity index (χ0v) is 12.8. The van der Waals surface area contributed by atoms with Crippen LogP contribution in [-0.2, 0) is 6.42 Å². The van der Waals surface area contributed by atoms with Gasteiger partial charge in [-0.15, -0.1) is 5.10 Å². The highest BCUT2D eigenvalue weighted by atomic mass is 15.3. The fraction of sp³-hybridized carbons (Fsp3) is 0.312. The van der Waals surface area contributed by atoms with Gasteiger partial charge in [0.1, 0.15) is 0 Å². The number of guanidine groups is 1. The molecule has 1 aromatic heterocycles. The van der Waals surface area contributed by atoms with Gasteiger partial charge in [0.2, 0.25) is 5.96 Å². The number of aryl methyl sites for hydroxylation is 2. The summed E-state index contributed by atoms with van der Waals surface area (Å²) in [5.41, 5.74) is 17.4. The first kappa shape index (κ1) is 14.3. The van der Waals surface area contributed by atoms with Crippen LogP contribution in [0.15, 0.2) is 34.5 Å². The molecular weight excluding hydrogens is 276 g/mol. The second-order valence-corrected chi connectivity index (χ2v) is 5.70. The third-order valence-electron chi connectivity index (χ3n) is 4.10. The van der Waals surface area contributed by atoms with Gasteiger partial charge in [-0.2, -0.15) is 10.2 Å². The van der Waals surface area contributed by atoms with E-state index < -0.39 is 0 Å². The van der Waals surface area contributed by atoms with Crippen LogP contribution in [0.1, 0.15) is 40.4 Å². The highest BCUT2D eigenvalue weighted by Crippen LogP contribution is 2.34. The highest BCUT2D eigenvalue weighted by Gasteiger charge is 2.29. The minimum Gasteiger partial charge on any atom is -0.369 e. The van der Waals surface area contributed by atoms with Crippen LogP contribution in [0.25, 0.3) is 0 Å². The van der Waals surface area contributed by atoms with Gasteiger partial charge in [0.05, 0.1) is 11.4 Å². The molecule has 0 saturated heterocycles. The summed E-state index contributed by atoms with van der Waals surface area (Å²) in [5, 5.41) is 15.6. The normalized spacial score (nSPS) is 19.0. The van der Waals surface area contributed by atoms with E-state index in [0.29, 0.717) is 5.92 Å². The number of nitrogens with one attached hydrogen (secondary N) is 1. The lowest BCUT2D eigenvalue weighted by atomic mass is 9.80. The van der Waals surface area contributed by atoms with Crippen LogP contribution in [0.5, 0.6) is 0 Å². The minimum atomic E-state index is -0.0341. The molecule has 1 aromatic carbocycles. The molecule has 1 atom stereocenters. The standard InChI is InChI=1S/C16H20N6/c1-9-5-3-4-6-12(9)11-7-13-15(10(2)19-20-13)14(8-11)21-22-16(17)18/h3-6,11H,7-8H2,1-2H3,(H,19,20)(H4,17,18,22)/b21-14-. The van der Waals surface area contributed by atoms with Crippen molar-refractivity contribution in [2.24, 2.45) is 21.7 Å². The van der Waals surface area contributed by atoms with E-state index in [-0.39, 0.29) is 5.96 Å². The van der Waals surface area contributed by atoms with Crippen LogP contribution >= 0.6 is 0 Å². The smallest absolute Gasteiger partial charge is 0.211 e. The molecule has 3 rings (SSSR count). The largest absolute Gasteiger partial charge is 0.369 e. The van der Waals surface area contributed by atoms with Gasteiger partial charge in [-0.05, 0) is 43.7 Å². The number of nitrogens with two attached hydrogens (primary N) is 2. The Kier molecular flexibility index (Phi) is 3.66. The van der Waals surface area contributed by atoms with Crippen LogP contribution in [-0.4, -0.2) is 21.9 Å². The van der Waals surface area contributed by atoms with E-state index in [2.05, 4.69) is 51.6 Å². The molecule has 0 radical (unpaired) electrons. The quantitative estimate of drug-likeness (QED) is 0.446. The first-order valence-corrected chi connectivity index (χ1v) is 7.31. The maximum absolute atomic E-state index is 5.41. The maximum Gasteiger partial charge on any atom is 0.211 e. The summed E-state index contributed by atoms with van der Waals surface area (Å²) in [4.78, 5) is 0. The number of rotatable bonds is 2. The predicted molar refractivity (Wildman–Crippen MR) is 87.9 cm³/mol. The molecule has 0 spiro atoms. The summed E-state index contributed by atoms with van der Waals surface area (Å²) in [6.45, 7) is 4.12. The predicted octanol–water partition coefficient (Wildman–Crippen LogP) is 1.73. The van der Waals surface area contributed by atoms with Crippen LogP contribution in [0, 0.1) is 13.8 Å². The van der Waals surface area contributed by atoms with Gasteiger partial charge in [0.15, 0.2) is 0 Å². The summed E-state index contributed by atoms with van der Waals surface area (Å²) in [7, 11) is 0. The third kappa shape index (κ3) is 2.59. The second-order valence-electron chi connectivity index (χ2n) is 5.70. The summed E-state index contributed by atoms with van der Waals surface area (Å²) in [6, 6.07) is 8.43. The van der Waals surface area contributed by atoms with Crippen molar-refractivity contribution in [3.63, 3.8) is 0 Å². The molecule has 22 heavy (non-hydrogen) atoms. The summed E-state index contributed by atoms with van der Waals surface area (Å²) >= 11 is 0. The first-order chi connectivity index (χ1) is 10.6. The van der Waals surface area contributed by atoms with Crippen molar-refractivity contribution in [1.29, 1.82) is 0 Å². The Morgan fingerprint density at radius 1 is 1.23 bits per heavy atom. The van der Waals surface area contributed by atoms with Gasteiger partial charge in [-0.25, -0.2) is 0 Å². The average molecular weight is 296 g/mol. The molecule has 1 aliphatic carbocycles. The zero-order valence-electron chi connectivity index (χ0n) is 12.8. The number of nitrogens with zero attached hydrogens (tertiary/aromatic N) is 3. The van der Waals surface area contributed by atoms with Gasteiger partial charge in [0, 0.05) is 11.3 Å². The van der Waals surface area contributed by atoms with E-state index in [1.807, 2.05) is 6.92 Å². The Morgan fingerprint density at radius 2 is 2.00 bits per heavy atom. The van der Waals surface area contributed by atoms with Crippen LogP contribution in [0.3, 0.4) is 0 Å². The summed E-state index contributed by atoms with van der Waals surface area (Å²) in [5.74, 6) is 0.303. The number of benzene rings is 1. The Morgan fingerprint density at radius 3 is 2.73 bits per heavy atom. The van der Waals surface area contributed by atoms with Gasteiger partial charge in [0.25, 0.3) is 0 Å². The molecule has 0 bridgehead atoms. The molecule has 0 fully saturated rings. The fourth-order valence-electron chi connectivity index (χ4n) is 3.12. The van der Waals surface area contributed by atoms with E-state index in [1.165, 1.54) is 11.1 Å². The van der Waals surface area contributed by atoms with E-state index >= 15 is 0 Å². The minimum absolute atomic E-state index is 0.0341. The number of hydrogen-bond donors (Lipinski definition) is 3. The van der Waals surface area contributed by atoms with E-state index in [0.717, 1.165) is 35.5 Å². The van der Waals surface area contributed by atoms with Crippen LogP contribution in [0.4, 0.5) is 0 Å². The first-order valence-electron chi connectivity index (χ1n) is 7.31. The van der Waals surface area contributed by atoms with Crippen molar-refractivity contribution in [3.8, 4) is 0 Å². The van der Waals surface area contributed by atoms with Gasteiger partial charge in [-0.3, -0.25) is 5.10 Å². The molecular formula is C16H20N6. The fourth-order valence-corrected chi connectivity index (χ4v) is 3.12. The van der Waals surface area contributed by atoms with Gasteiger partial charge >= 0.3 is 0 Å². The third-order valence-corrected chi connectivity index (χ3v) is 4.10. The van der Waals surface area contributed by atoms with Crippen molar-refractivity contribution in [2.45, 2.75) is 32.6 Å². The number of aromatic amines is 1. The molecule has 6 heteroatoms. The number of H-pyrrole nitrogens is 1. The van der Waals surface area contributed by atoms with Crippen molar-refractivity contribution in [3.05, 3.63) is 52.3 Å². The Balaban J connectivity index is 2.04. The SMILES string of the molecule is Cc1ccccc1C1C/C(=N/N=C(N)N)c2c(n[nH]c2C)C1. The number of hydrogen-bond acceptors (Lipinski definition) is 3. The molecule has 0 amide bonds. The number of aromatic nitrogens is 2. The molecule has 6 nitrogen and oxygen atoms in total. The molecule has 0 aliphatic heterocycles. The molecule has 2 aromatic rings. The maximum atomic E-state index is 5.41. The van der Waals surface area contributed by atoms with Gasteiger partial charge in [-0.1, -0.05) is 24.3 Å². The average Bonchev–Trinajstić information content (AvgIpc) is 2.87. The van der Waals surface area contributed by atoms with Crippen molar-refractivity contribution in [1.82, 2.24) is 10.2 Å². The molecule has 5 N–H and O–H groups in total. The summed E-state index contributed by atoms with van der Waals surface area (Å²) in [6.07, 6.45) is 1.69. The van der Waals surface area contributed by atoms with Crippen LogP contribution < -0.4 is 11.5 Å². The monoisotopic (exact) mass is 296 g/mol.